The monoisotopic (exact) mass is 288 g/mol. The van der Waals surface area contributed by atoms with Gasteiger partial charge < -0.3 is 9.94 Å². The van der Waals surface area contributed by atoms with Crippen LogP contribution < -0.4 is 0 Å². The van der Waals surface area contributed by atoms with Crippen molar-refractivity contribution >= 4 is 5.71 Å². The van der Waals surface area contributed by atoms with Crippen molar-refractivity contribution in [3.05, 3.63) is 48.6 Å². The Hall–Kier alpha value is -1.65. The van der Waals surface area contributed by atoms with Crippen LogP contribution in [0.5, 0.6) is 0 Å². The normalized spacial score (nSPS) is 20.8. The van der Waals surface area contributed by atoms with E-state index in [4.69, 9.17) is 4.84 Å². The number of oxime groups is 1. The fraction of sp³-hybridized carbons (Fsp3) is 0.471. The van der Waals surface area contributed by atoms with Gasteiger partial charge in [0.1, 0.15) is 6.10 Å². The van der Waals surface area contributed by atoms with Crippen molar-refractivity contribution in [2.24, 2.45) is 5.16 Å². The highest BCUT2D eigenvalue weighted by Crippen LogP contribution is 2.18. The molecule has 0 spiro atoms. The summed E-state index contributed by atoms with van der Waals surface area (Å²) in [5.74, 6) is 0. The lowest BCUT2D eigenvalue weighted by Gasteiger charge is -2.29. The molecule has 1 N–H and O–H groups in total. The van der Waals surface area contributed by atoms with Gasteiger partial charge in [-0.1, -0.05) is 48.5 Å². The first-order valence-corrected chi connectivity index (χ1v) is 7.40. The zero-order valence-corrected chi connectivity index (χ0v) is 12.8. The molecule has 0 aliphatic carbocycles. The van der Waals surface area contributed by atoms with Crippen molar-refractivity contribution in [3.8, 4) is 0 Å². The van der Waals surface area contributed by atoms with Crippen molar-refractivity contribution in [1.82, 2.24) is 4.90 Å². The van der Waals surface area contributed by atoms with Gasteiger partial charge in [-0.25, -0.2) is 0 Å². The molecule has 1 aromatic rings. The van der Waals surface area contributed by atoms with Gasteiger partial charge in [-0.05, 0) is 19.0 Å². The van der Waals surface area contributed by atoms with Gasteiger partial charge in [-0.3, -0.25) is 4.90 Å². The van der Waals surface area contributed by atoms with Gasteiger partial charge in [0.15, 0.2) is 0 Å². The average Bonchev–Trinajstić information content (AvgIpc) is 2.96. The van der Waals surface area contributed by atoms with E-state index in [1.165, 1.54) is 0 Å². The fourth-order valence-corrected chi connectivity index (χ4v) is 2.44. The van der Waals surface area contributed by atoms with Crippen LogP contribution in [-0.2, 0) is 4.84 Å². The van der Waals surface area contributed by atoms with Crippen LogP contribution >= 0.6 is 0 Å². The number of hydrogen-bond donors (Lipinski definition) is 1. The van der Waals surface area contributed by atoms with Crippen molar-refractivity contribution in [2.45, 2.75) is 32.0 Å². The predicted octanol–water partition coefficient (Wildman–Crippen LogP) is 2.44. The lowest BCUT2D eigenvalue weighted by atomic mass is 10.0. The maximum Gasteiger partial charge on any atom is 0.145 e. The maximum atomic E-state index is 10.1. The molecule has 1 aliphatic heterocycles. The molecule has 0 saturated heterocycles. The quantitative estimate of drug-likeness (QED) is 0.784. The standard InChI is InChI=1S/C17H24N2O2/c1-4-17(3,20)13-19(5-2)12-15-11-16(18-21-15)14-9-7-6-8-10-14/h4,6-10,15,20H,1,5,11-13H2,2-3H3/t15-,17-/m0/s1. The second kappa shape index (κ2) is 6.87. The Balaban J connectivity index is 1.89. The summed E-state index contributed by atoms with van der Waals surface area (Å²) in [5, 5.41) is 14.3. The van der Waals surface area contributed by atoms with E-state index < -0.39 is 5.60 Å². The summed E-state index contributed by atoms with van der Waals surface area (Å²) in [6, 6.07) is 10.1. The number of aliphatic hydroxyl groups is 1. The molecular formula is C17H24N2O2. The van der Waals surface area contributed by atoms with E-state index in [1.807, 2.05) is 30.3 Å². The molecule has 0 fully saturated rings. The molecule has 0 amide bonds. The average molecular weight is 288 g/mol. The van der Waals surface area contributed by atoms with Crippen LogP contribution in [0, 0.1) is 0 Å². The Labute approximate surface area is 126 Å². The number of likely N-dealkylation sites (N-methyl/N-ethyl adjacent to an activating group) is 1. The van der Waals surface area contributed by atoms with E-state index in [1.54, 1.807) is 13.0 Å². The molecule has 0 unspecified atom stereocenters. The van der Waals surface area contributed by atoms with E-state index in [2.05, 4.69) is 23.6 Å². The minimum absolute atomic E-state index is 0.0424. The third-order valence-corrected chi connectivity index (χ3v) is 3.73. The highest BCUT2D eigenvalue weighted by Gasteiger charge is 2.26. The van der Waals surface area contributed by atoms with Gasteiger partial charge >= 0.3 is 0 Å². The van der Waals surface area contributed by atoms with Gasteiger partial charge in [-0.2, -0.15) is 0 Å². The molecule has 1 heterocycles. The van der Waals surface area contributed by atoms with Gasteiger partial charge in [0.2, 0.25) is 0 Å². The number of benzene rings is 1. The molecule has 1 aromatic carbocycles. The van der Waals surface area contributed by atoms with Crippen molar-refractivity contribution in [1.29, 1.82) is 0 Å². The van der Waals surface area contributed by atoms with Crippen LogP contribution in [0.4, 0.5) is 0 Å². The van der Waals surface area contributed by atoms with E-state index in [0.29, 0.717) is 6.54 Å². The topological polar surface area (TPSA) is 45.1 Å². The molecule has 0 radical (unpaired) electrons. The number of nitrogens with zero attached hydrogens (tertiary/aromatic N) is 2. The van der Waals surface area contributed by atoms with Crippen LogP contribution in [0.3, 0.4) is 0 Å². The molecule has 4 heteroatoms. The molecule has 114 valence electrons. The first-order chi connectivity index (χ1) is 10.0. The number of rotatable bonds is 7. The van der Waals surface area contributed by atoms with E-state index >= 15 is 0 Å². The first kappa shape index (κ1) is 15.7. The minimum atomic E-state index is -0.877. The lowest BCUT2D eigenvalue weighted by Crippen LogP contribution is -2.42. The molecule has 0 aromatic heterocycles. The summed E-state index contributed by atoms with van der Waals surface area (Å²) in [6.45, 7) is 9.67. The zero-order valence-electron chi connectivity index (χ0n) is 12.8. The summed E-state index contributed by atoms with van der Waals surface area (Å²) >= 11 is 0. The molecular weight excluding hydrogens is 264 g/mol. The van der Waals surface area contributed by atoms with Crippen molar-refractivity contribution in [2.75, 3.05) is 19.6 Å². The van der Waals surface area contributed by atoms with E-state index in [9.17, 15) is 5.11 Å². The third-order valence-electron chi connectivity index (χ3n) is 3.73. The largest absolute Gasteiger partial charge is 0.390 e. The van der Waals surface area contributed by atoms with Crippen LogP contribution in [0.15, 0.2) is 48.1 Å². The van der Waals surface area contributed by atoms with Gasteiger partial charge in [0.05, 0.1) is 11.3 Å². The third kappa shape index (κ3) is 4.41. The van der Waals surface area contributed by atoms with Crippen LogP contribution in [0.1, 0.15) is 25.8 Å². The van der Waals surface area contributed by atoms with Crippen LogP contribution in [-0.4, -0.2) is 47.1 Å². The molecule has 1 aliphatic rings. The van der Waals surface area contributed by atoms with Gasteiger partial charge in [0.25, 0.3) is 0 Å². The molecule has 0 saturated carbocycles. The van der Waals surface area contributed by atoms with Gasteiger partial charge in [-0.15, -0.1) is 6.58 Å². The maximum absolute atomic E-state index is 10.1. The molecule has 21 heavy (non-hydrogen) atoms. The predicted molar refractivity (Wildman–Crippen MR) is 85.4 cm³/mol. The summed E-state index contributed by atoms with van der Waals surface area (Å²) in [4.78, 5) is 7.70. The zero-order chi connectivity index (χ0) is 15.3. The highest BCUT2D eigenvalue weighted by atomic mass is 16.6. The smallest absolute Gasteiger partial charge is 0.145 e. The first-order valence-electron chi connectivity index (χ1n) is 7.40. The van der Waals surface area contributed by atoms with Crippen LogP contribution in [0.25, 0.3) is 0 Å². The molecule has 2 atom stereocenters. The molecule has 4 nitrogen and oxygen atoms in total. The SMILES string of the molecule is C=C[C@](C)(O)CN(CC)C[C@@H]1CC(c2ccccc2)=NO1. The Kier molecular flexibility index (Phi) is 5.15. The molecule has 0 bridgehead atoms. The summed E-state index contributed by atoms with van der Waals surface area (Å²) in [5.41, 5.74) is 1.23. The Morgan fingerprint density at radius 2 is 2.19 bits per heavy atom. The number of hydrogen-bond acceptors (Lipinski definition) is 4. The van der Waals surface area contributed by atoms with Crippen molar-refractivity contribution < 1.29 is 9.94 Å². The summed E-state index contributed by atoms with van der Waals surface area (Å²) in [7, 11) is 0. The summed E-state index contributed by atoms with van der Waals surface area (Å²) < 4.78 is 0. The highest BCUT2D eigenvalue weighted by molar-refractivity contribution is 6.01. The Bertz CT molecular complexity index is 497. The second-order valence-corrected chi connectivity index (χ2v) is 5.72. The second-order valence-electron chi connectivity index (χ2n) is 5.72. The Morgan fingerprint density at radius 3 is 2.81 bits per heavy atom. The van der Waals surface area contributed by atoms with Gasteiger partial charge in [0, 0.05) is 19.5 Å². The van der Waals surface area contributed by atoms with E-state index in [-0.39, 0.29) is 6.10 Å². The van der Waals surface area contributed by atoms with Crippen LogP contribution in [0.2, 0.25) is 0 Å². The fourth-order valence-electron chi connectivity index (χ4n) is 2.44. The summed E-state index contributed by atoms with van der Waals surface area (Å²) in [6.07, 6.45) is 2.43. The lowest BCUT2D eigenvalue weighted by molar-refractivity contribution is 0.0200. The van der Waals surface area contributed by atoms with E-state index in [0.717, 1.165) is 30.8 Å². The van der Waals surface area contributed by atoms with Crippen molar-refractivity contribution in [3.63, 3.8) is 0 Å². The molecule has 2 rings (SSSR count). The minimum Gasteiger partial charge on any atom is -0.390 e. The Morgan fingerprint density at radius 1 is 1.48 bits per heavy atom.